The zero-order chi connectivity index (χ0) is 18.2. The van der Waals surface area contributed by atoms with Crippen LogP contribution in [0.15, 0.2) is 30.5 Å². The Morgan fingerprint density at radius 1 is 1.04 bits per heavy atom. The first-order valence-electron chi connectivity index (χ1n) is 9.86. The van der Waals surface area contributed by atoms with E-state index >= 15 is 0 Å². The van der Waals surface area contributed by atoms with Crippen LogP contribution in [-0.2, 0) is 13.5 Å². The van der Waals surface area contributed by atoms with Crippen LogP contribution in [0, 0.1) is 19.8 Å². The molecule has 0 spiro atoms. The van der Waals surface area contributed by atoms with E-state index in [1.165, 1.54) is 54.5 Å². The van der Waals surface area contributed by atoms with E-state index in [4.69, 9.17) is 0 Å². The largest absolute Gasteiger partial charge is 0.212 e. The molecule has 1 aliphatic rings. The Kier molecular flexibility index (Phi) is 5.20. The molecule has 0 bridgehead atoms. The van der Waals surface area contributed by atoms with Gasteiger partial charge in [-0.1, -0.05) is 63.0 Å². The van der Waals surface area contributed by atoms with E-state index < -0.39 is 8.07 Å². The molecule has 1 saturated carbocycles. The number of benzene rings is 1. The van der Waals surface area contributed by atoms with Gasteiger partial charge in [-0.25, -0.2) is 4.57 Å². The first-order valence-corrected chi connectivity index (χ1v) is 13.4. The van der Waals surface area contributed by atoms with E-state index in [1.54, 1.807) is 10.8 Å². The van der Waals surface area contributed by atoms with Crippen LogP contribution in [0.2, 0.25) is 19.6 Å². The summed E-state index contributed by atoms with van der Waals surface area (Å²) in [6, 6.07) is 9.34. The number of aryl methyl sites for hydroxylation is 3. The highest BCUT2D eigenvalue weighted by atomic mass is 28.3. The molecule has 0 amide bonds. The summed E-state index contributed by atoms with van der Waals surface area (Å²) in [7, 11) is 0.872. The monoisotopic (exact) mass is 352 g/mol. The van der Waals surface area contributed by atoms with Crippen molar-refractivity contribution in [1.82, 2.24) is 0 Å². The van der Waals surface area contributed by atoms with Crippen molar-refractivity contribution >= 4 is 13.3 Å². The lowest BCUT2D eigenvalue weighted by Gasteiger charge is -2.22. The molecule has 1 aliphatic carbocycles. The van der Waals surface area contributed by atoms with Gasteiger partial charge in [0.05, 0.1) is 8.07 Å². The van der Waals surface area contributed by atoms with Gasteiger partial charge in [0.1, 0.15) is 7.05 Å². The van der Waals surface area contributed by atoms with Crippen molar-refractivity contribution in [3.05, 3.63) is 47.2 Å². The molecule has 1 nitrogen and oxygen atoms in total. The third kappa shape index (κ3) is 4.06. The molecule has 1 aromatic carbocycles. The molecule has 2 aromatic rings. The zero-order valence-corrected chi connectivity index (χ0v) is 17.9. The third-order valence-corrected chi connectivity index (χ3v) is 7.89. The predicted octanol–water partition coefficient (Wildman–Crippen LogP) is 5.07. The fourth-order valence-corrected chi connectivity index (χ4v) is 6.06. The first kappa shape index (κ1) is 18.4. The molecule has 0 atom stereocenters. The molecule has 1 heterocycles. The minimum atomic E-state index is -1.35. The van der Waals surface area contributed by atoms with Crippen molar-refractivity contribution in [2.75, 3.05) is 0 Å². The van der Waals surface area contributed by atoms with E-state index in [0.29, 0.717) is 0 Å². The van der Waals surface area contributed by atoms with Crippen molar-refractivity contribution < 1.29 is 4.57 Å². The van der Waals surface area contributed by atoms with Crippen molar-refractivity contribution in [2.24, 2.45) is 13.0 Å². The second-order valence-electron chi connectivity index (χ2n) is 9.13. The van der Waals surface area contributed by atoms with Crippen molar-refractivity contribution in [1.29, 1.82) is 0 Å². The number of hydrogen-bond acceptors (Lipinski definition) is 0. The van der Waals surface area contributed by atoms with E-state index in [1.807, 2.05) is 0 Å². The summed E-state index contributed by atoms with van der Waals surface area (Å²) in [5.74, 6) is 0.897. The lowest BCUT2D eigenvalue weighted by molar-refractivity contribution is -0.659. The molecular weight excluding hydrogens is 318 g/mol. The predicted molar refractivity (Wildman–Crippen MR) is 111 cm³/mol. The van der Waals surface area contributed by atoms with Crippen molar-refractivity contribution in [3.8, 4) is 11.3 Å². The summed E-state index contributed by atoms with van der Waals surface area (Å²) in [5, 5.41) is 1.65. The van der Waals surface area contributed by atoms with Crippen molar-refractivity contribution in [2.45, 2.75) is 65.6 Å². The second kappa shape index (κ2) is 7.07. The van der Waals surface area contributed by atoms with Crippen LogP contribution >= 0.6 is 0 Å². The highest BCUT2D eigenvalue weighted by Gasteiger charge is 2.28. The highest BCUT2D eigenvalue weighted by Crippen LogP contribution is 2.29. The Hall–Kier alpha value is -1.41. The Balaban J connectivity index is 2.12. The van der Waals surface area contributed by atoms with Gasteiger partial charge in [0, 0.05) is 16.8 Å². The van der Waals surface area contributed by atoms with Crippen LogP contribution in [0.1, 0.15) is 42.4 Å². The normalized spacial score (nSPS) is 15.8. The van der Waals surface area contributed by atoms with Crippen LogP contribution in [0.3, 0.4) is 0 Å². The Morgan fingerprint density at radius 3 is 2.36 bits per heavy atom. The number of nitrogens with zero attached hydrogens (tertiary/aromatic N) is 1. The molecule has 3 rings (SSSR count). The number of aromatic nitrogens is 1. The topological polar surface area (TPSA) is 3.88 Å². The average molecular weight is 353 g/mol. The minimum absolute atomic E-state index is 0.897. The molecule has 0 unspecified atom stereocenters. The number of hydrogen-bond donors (Lipinski definition) is 0. The quantitative estimate of drug-likeness (QED) is 0.534. The highest BCUT2D eigenvalue weighted by molar-refractivity contribution is 6.88. The van der Waals surface area contributed by atoms with Gasteiger partial charge in [0.25, 0.3) is 0 Å². The van der Waals surface area contributed by atoms with Gasteiger partial charge < -0.3 is 0 Å². The molecule has 0 N–H and O–H groups in total. The zero-order valence-electron chi connectivity index (χ0n) is 16.9. The smallest absolute Gasteiger partial charge is 0.201 e. The molecule has 25 heavy (non-hydrogen) atoms. The van der Waals surface area contributed by atoms with E-state index in [9.17, 15) is 0 Å². The molecule has 1 aromatic heterocycles. The fraction of sp³-hybridized carbons (Fsp3) is 0.522. The summed E-state index contributed by atoms with van der Waals surface area (Å²) in [6.45, 7) is 11.9. The third-order valence-electron chi connectivity index (χ3n) is 5.82. The minimum Gasteiger partial charge on any atom is -0.201 e. The van der Waals surface area contributed by atoms with Gasteiger partial charge in [0.15, 0.2) is 6.20 Å². The van der Waals surface area contributed by atoms with Crippen LogP contribution in [0.4, 0.5) is 0 Å². The molecule has 0 saturated heterocycles. The number of rotatable bonds is 4. The second-order valence-corrected chi connectivity index (χ2v) is 14.2. The van der Waals surface area contributed by atoms with E-state index in [2.05, 4.69) is 75.6 Å². The Morgan fingerprint density at radius 2 is 1.72 bits per heavy atom. The van der Waals surface area contributed by atoms with Crippen molar-refractivity contribution in [3.63, 3.8) is 0 Å². The van der Waals surface area contributed by atoms with Crippen LogP contribution in [-0.4, -0.2) is 8.07 Å². The van der Waals surface area contributed by atoms with Crippen LogP contribution < -0.4 is 9.75 Å². The SMILES string of the molecule is Cc1ccc(C)c(-c2cc(CC3CCCC3)c([Si](C)(C)C)c[n+]2C)c1. The van der Waals surface area contributed by atoms with Gasteiger partial charge in [-0.05, 0) is 43.4 Å². The summed E-state index contributed by atoms with van der Waals surface area (Å²) < 4.78 is 2.37. The first-order chi connectivity index (χ1) is 11.8. The lowest BCUT2D eigenvalue weighted by Crippen LogP contribution is -2.47. The summed E-state index contributed by atoms with van der Waals surface area (Å²) in [6.07, 6.45) is 9.43. The maximum atomic E-state index is 2.52. The summed E-state index contributed by atoms with van der Waals surface area (Å²) in [5.41, 5.74) is 7.09. The van der Waals surface area contributed by atoms with Crippen LogP contribution in [0.5, 0.6) is 0 Å². The van der Waals surface area contributed by atoms with Crippen LogP contribution in [0.25, 0.3) is 11.3 Å². The van der Waals surface area contributed by atoms with Gasteiger partial charge in [0.2, 0.25) is 5.69 Å². The molecule has 0 radical (unpaired) electrons. The molecule has 2 heteroatoms. The maximum absolute atomic E-state index is 2.52. The van der Waals surface area contributed by atoms with E-state index in [-0.39, 0.29) is 0 Å². The molecule has 134 valence electrons. The average Bonchev–Trinajstić information content (AvgIpc) is 3.03. The van der Waals surface area contributed by atoms with Gasteiger partial charge in [-0.3, -0.25) is 0 Å². The van der Waals surface area contributed by atoms with Gasteiger partial charge in [-0.15, -0.1) is 0 Å². The number of pyridine rings is 1. The summed E-state index contributed by atoms with van der Waals surface area (Å²) >= 11 is 0. The van der Waals surface area contributed by atoms with Gasteiger partial charge >= 0.3 is 0 Å². The maximum Gasteiger partial charge on any atom is 0.212 e. The Labute approximate surface area is 155 Å². The summed E-state index contributed by atoms with van der Waals surface area (Å²) in [4.78, 5) is 0. The van der Waals surface area contributed by atoms with E-state index in [0.717, 1.165) is 5.92 Å². The molecule has 0 aliphatic heterocycles. The standard InChI is InChI=1S/C23H34NSi/c1-17-11-12-18(2)21(13-17)22-15-20(14-19-9-7-8-10-19)23(16-24(22)3)25(4,5)6/h11-13,15-16,19H,7-10,14H2,1-6H3/q+1. The molecule has 1 fully saturated rings. The Bertz CT molecular complexity index is 764. The van der Waals surface area contributed by atoms with Gasteiger partial charge in [-0.2, -0.15) is 0 Å². The fourth-order valence-electron chi connectivity index (χ4n) is 4.34. The molecular formula is C23H34NSi+. The lowest BCUT2D eigenvalue weighted by atomic mass is 9.95.